The molecule has 1 aromatic rings. The molecule has 1 fully saturated rings. The van der Waals surface area contributed by atoms with Crippen LogP contribution < -0.4 is 11.1 Å². The molecular formula is C20H37N5O5. The van der Waals surface area contributed by atoms with Gasteiger partial charge in [0.2, 0.25) is 5.91 Å². The van der Waals surface area contributed by atoms with Crippen LogP contribution >= 0.6 is 0 Å². The van der Waals surface area contributed by atoms with E-state index in [1.165, 1.54) is 6.92 Å². The van der Waals surface area contributed by atoms with Crippen LogP contribution in [0.2, 0.25) is 0 Å². The van der Waals surface area contributed by atoms with Gasteiger partial charge in [-0.3, -0.25) is 4.79 Å². The standard InChI is InChI=1S/C20H37N5O5/c1-13(2)10-15-11-25(24-23-15)12-16-18(27)19(28)17(22-14(3)26)20(30-16)29-9-7-5-4-6-8-21/h11,13,16-20,27-28H,4-10,12,21H2,1-3H3,(H,22,26). The van der Waals surface area contributed by atoms with Gasteiger partial charge in [-0.05, 0) is 31.7 Å². The molecule has 30 heavy (non-hydrogen) atoms. The lowest BCUT2D eigenvalue weighted by Gasteiger charge is -2.42. The molecule has 5 N–H and O–H groups in total. The lowest BCUT2D eigenvalue weighted by Crippen LogP contribution is -2.64. The number of nitrogens with two attached hydrogens (primary N) is 1. The molecule has 10 nitrogen and oxygen atoms in total. The highest BCUT2D eigenvalue weighted by Gasteiger charge is 2.45. The van der Waals surface area contributed by atoms with Crippen molar-refractivity contribution in [1.82, 2.24) is 20.3 Å². The summed E-state index contributed by atoms with van der Waals surface area (Å²) in [6, 6.07) is -0.856. The molecule has 1 aromatic heterocycles. The van der Waals surface area contributed by atoms with Gasteiger partial charge < -0.3 is 30.7 Å². The summed E-state index contributed by atoms with van der Waals surface area (Å²) in [5.74, 6) is 0.119. The van der Waals surface area contributed by atoms with E-state index in [1.807, 2.05) is 6.20 Å². The predicted molar refractivity (Wildman–Crippen MR) is 110 cm³/mol. The van der Waals surface area contributed by atoms with Gasteiger partial charge in [-0.2, -0.15) is 0 Å². The second-order valence-corrected chi connectivity index (χ2v) is 8.35. The van der Waals surface area contributed by atoms with Crippen molar-refractivity contribution in [3.63, 3.8) is 0 Å². The average Bonchev–Trinajstić information content (AvgIpc) is 3.11. The largest absolute Gasteiger partial charge is 0.388 e. The van der Waals surface area contributed by atoms with Crippen molar-refractivity contribution in [1.29, 1.82) is 0 Å². The van der Waals surface area contributed by atoms with Gasteiger partial charge in [0, 0.05) is 19.7 Å². The first-order valence-corrected chi connectivity index (χ1v) is 10.8. The summed E-state index contributed by atoms with van der Waals surface area (Å²) in [7, 11) is 0. The van der Waals surface area contributed by atoms with Crippen LogP contribution in [0.25, 0.3) is 0 Å². The zero-order valence-corrected chi connectivity index (χ0v) is 18.2. The van der Waals surface area contributed by atoms with Gasteiger partial charge >= 0.3 is 0 Å². The Bertz CT molecular complexity index is 641. The second kappa shape index (κ2) is 12.3. The Morgan fingerprint density at radius 3 is 2.70 bits per heavy atom. The first-order chi connectivity index (χ1) is 14.3. The van der Waals surface area contributed by atoms with E-state index >= 15 is 0 Å². The third-order valence-corrected chi connectivity index (χ3v) is 5.02. The van der Waals surface area contributed by atoms with Crippen LogP contribution in [0.5, 0.6) is 0 Å². The molecule has 5 unspecified atom stereocenters. The number of ether oxygens (including phenoxy) is 2. The van der Waals surface area contributed by atoms with Gasteiger partial charge in [-0.15, -0.1) is 5.10 Å². The number of carbonyl (C=O) groups excluding carboxylic acids is 1. The van der Waals surface area contributed by atoms with Gasteiger partial charge in [0.25, 0.3) is 0 Å². The lowest BCUT2D eigenvalue weighted by molar-refractivity contribution is -0.267. The van der Waals surface area contributed by atoms with Gasteiger partial charge in [0.15, 0.2) is 6.29 Å². The number of rotatable bonds is 12. The minimum Gasteiger partial charge on any atom is -0.388 e. The number of nitrogens with zero attached hydrogens (tertiary/aromatic N) is 3. The third-order valence-electron chi connectivity index (χ3n) is 5.02. The van der Waals surface area contributed by atoms with Crippen molar-refractivity contribution >= 4 is 5.91 Å². The maximum atomic E-state index is 11.6. The number of unbranched alkanes of at least 4 members (excludes halogenated alkanes) is 3. The maximum absolute atomic E-state index is 11.6. The van der Waals surface area contributed by atoms with Crippen molar-refractivity contribution < 1.29 is 24.5 Å². The molecule has 172 valence electrons. The summed E-state index contributed by atoms with van der Waals surface area (Å²) in [5, 5.41) is 32.0. The van der Waals surface area contributed by atoms with Crippen molar-refractivity contribution in [2.45, 2.75) is 90.1 Å². The molecule has 0 aliphatic carbocycles. The number of amides is 1. The van der Waals surface area contributed by atoms with E-state index in [0.29, 0.717) is 19.1 Å². The Labute approximate surface area is 178 Å². The molecule has 1 saturated heterocycles. The van der Waals surface area contributed by atoms with E-state index in [9.17, 15) is 15.0 Å². The fourth-order valence-corrected chi connectivity index (χ4v) is 3.54. The van der Waals surface area contributed by atoms with Crippen molar-refractivity contribution in [3.05, 3.63) is 11.9 Å². The molecule has 0 spiro atoms. The van der Waals surface area contributed by atoms with Crippen LogP contribution in [0.4, 0.5) is 0 Å². The molecule has 5 atom stereocenters. The summed E-state index contributed by atoms with van der Waals surface area (Å²) in [4.78, 5) is 11.6. The first-order valence-electron chi connectivity index (χ1n) is 10.8. The number of aromatic nitrogens is 3. The van der Waals surface area contributed by atoms with Crippen molar-refractivity contribution in [2.75, 3.05) is 13.2 Å². The van der Waals surface area contributed by atoms with E-state index in [2.05, 4.69) is 29.5 Å². The minimum absolute atomic E-state index is 0.215. The molecule has 10 heteroatoms. The Morgan fingerprint density at radius 1 is 1.30 bits per heavy atom. The number of carbonyl (C=O) groups is 1. The van der Waals surface area contributed by atoms with E-state index < -0.39 is 30.6 Å². The number of nitrogens with one attached hydrogen (secondary N) is 1. The Kier molecular flexibility index (Phi) is 10.1. The van der Waals surface area contributed by atoms with Gasteiger partial charge in [0.1, 0.15) is 24.4 Å². The summed E-state index contributed by atoms with van der Waals surface area (Å²) in [5.41, 5.74) is 6.36. The number of aliphatic hydroxyl groups excluding tert-OH is 2. The SMILES string of the molecule is CC(=O)NC1C(OCCCCCCN)OC(Cn2cc(CC(C)C)nn2)C(O)C1O. The zero-order chi connectivity index (χ0) is 22.1. The lowest BCUT2D eigenvalue weighted by atomic mass is 9.96. The summed E-state index contributed by atoms with van der Waals surface area (Å²) in [6.45, 7) is 6.85. The average molecular weight is 428 g/mol. The molecule has 2 heterocycles. The molecule has 1 amide bonds. The smallest absolute Gasteiger partial charge is 0.217 e. The molecule has 0 radical (unpaired) electrons. The summed E-state index contributed by atoms with van der Waals surface area (Å²) < 4.78 is 13.4. The van der Waals surface area contributed by atoms with Crippen LogP contribution in [0.3, 0.4) is 0 Å². The molecule has 2 rings (SSSR count). The van der Waals surface area contributed by atoms with Crippen molar-refractivity contribution in [3.8, 4) is 0 Å². The Hall–Kier alpha value is -1.59. The summed E-state index contributed by atoms with van der Waals surface area (Å²) in [6.07, 6.45) is 2.35. The molecule has 1 aliphatic rings. The van der Waals surface area contributed by atoms with Gasteiger partial charge in [-0.1, -0.05) is 31.9 Å². The van der Waals surface area contributed by atoms with E-state index in [4.69, 9.17) is 15.2 Å². The van der Waals surface area contributed by atoms with E-state index in [1.54, 1.807) is 4.68 Å². The monoisotopic (exact) mass is 427 g/mol. The van der Waals surface area contributed by atoms with Crippen LogP contribution in [0.15, 0.2) is 6.20 Å². The fourth-order valence-electron chi connectivity index (χ4n) is 3.54. The van der Waals surface area contributed by atoms with Crippen LogP contribution in [0.1, 0.15) is 52.1 Å². The molecular weight excluding hydrogens is 390 g/mol. The van der Waals surface area contributed by atoms with E-state index in [0.717, 1.165) is 37.8 Å². The fraction of sp³-hybridized carbons (Fsp3) is 0.850. The molecule has 0 bridgehead atoms. The minimum atomic E-state index is -1.23. The normalized spacial score (nSPS) is 26.8. The predicted octanol–water partition coefficient (Wildman–Crippen LogP) is -0.0363. The van der Waals surface area contributed by atoms with Gasteiger partial charge in [-0.25, -0.2) is 4.68 Å². The zero-order valence-electron chi connectivity index (χ0n) is 18.2. The topological polar surface area (TPSA) is 145 Å². The highest BCUT2D eigenvalue weighted by atomic mass is 16.7. The van der Waals surface area contributed by atoms with Crippen molar-refractivity contribution in [2.24, 2.45) is 11.7 Å². The quantitative estimate of drug-likeness (QED) is 0.340. The number of hydrogen-bond donors (Lipinski definition) is 4. The second-order valence-electron chi connectivity index (χ2n) is 8.35. The maximum Gasteiger partial charge on any atom is 0.217 e. The molecule has 0 aromatic carbocycles. The number of aliphatic hydroxyl groups is 2. The van der Waals surface area contributed by atoms with E-state index in [-0.39, 0.29) is 12.5 Å². The summed E-state index contributed by atoms with van der Waals surface area (Å²) >= 11 is 0. The van der Waals surface area contributed by atoms with Crippen LogP contribution in [-0.2, 0) is 27.2 Å². The Balaban J connectivity index is 1.99. The molecule has 0 saturated carbocycles. The Morgan fingerprint density at radius 2 is 2.03 bits per heavy atom. The molecule has 1 aliphatic heterocycles. The van der Waals surface area contributed by atoms with Crippen LogP contribution in [-0.4, -0.2) is 74.9 Å². The first kappa shape index (κ1) is 24.7. The van der Waals surface area contributed by atoms with Crippen LogP contribution in [0, 0.1) is 5.92 Å². The van der Waals surface area contributed by atoms with Gasteiger partial charge in [0.05, 0.1) is 12.2 Å². The third kappa shape index (κ3) is 7.59. The highest BCUT2D eigenvalue weighted by molar-refractivity contribution is 5.73. The number of hydrogen-bond acceptors (Lipinski definition) is 8. The highest BCUT2D eigenvalue weighted by Crippen LogP contribution is 2.24.